The number of nitrogens with one attached hydrogen (secondary N) is 1. The zero-order valence-corrected chi connectivity index (χ0v) is 11.0. The first-order valence-corrected chi connectivity index (χ1v) is 7.29. The summed E-state index contributed by atoms with van der Waals surface area (Å²) in [5.41, 5.74) is 1.99. The van der Waals surface area contributed by atoms with Gasteiger partial charge in [0, 0.05) is 13.0 Å². The molecule has 0 aliphatic rings. The van der Waals surface area contributed by atoms with Gasteiger partial charge in [-0.1, -0.05) is 29.8 Å². The van der Waals surface area contributed by atoms with E-state index >= 15 is 0 Å². The predicted octanol–water partition coefficient (Wildman–Crippen LogP) is 1.28. The third kappa shape index (κ3) is 5.79. The lowest BCUT2D eigenvalue weighted by atomic mass is 10.2. The molecule has 0 fully saturated rings. The van der Waals surface area contributed by atoms with Crippen LogP contribution in [0, 0.1) is 6.92 Å². The molecule has 0 atom stereocenters. The van der Waals surface area contributed by atoms with Gasteiger partial charge in [0.2, 0.25) is 10.0 Å². The van der Waals surface area contributed by atoms with Crippen LogP contribution in [-0.2, 0) is 21.4 Å². The van der Waals surface area contributed by atoms with Crippen LogP contribution in [0.5, 0.6) is 0 Å². The molecule has 2 N–H and O–H groups in total. The number of hydrogen-bond acceptors (Lipinski definition) is 3. The maximum absolute atomic E-state index is 11.5. The Labute approximate surface area is 107 Å². The number of carbonyl (C=O) groups is 1. The van der Waals surface area contributed by atoms with Crippen LogP contribution in [0.4, 0.5) is 0 Å². The fourth-order valence-corrected chi connectivity index (χ4v) is 2.44. The van der Waals surface area contributed by atoms with Gasteiger partial charge in [0.1, 0.15) is 0 Å². The second kappa shape index (κ2) is 6.51. The Hall–Kier alpha value is -1.40. The van der Waals surface area contributed by atoms with Crippen LogP contribution in [-0.4, -0.2) is 25.2 Å². The van der Waals surface area contributed by atoms with Gasteiger partial charge in [-0.05, 0) is 18.9 Å². The molecule has 0 radical (unpaired) electrons. The highest BCUT2D eigenvalue weighted by molar-refractivity contribution is 7.89. The Bertz CT molecular complexity index is 493. The van der Waals surface area contributed by atoms with E-state index in [0.29, 0.717) is 0 Å². The molecule has 1 aromatic rings. The number of hydrogen-bond donors (Lipinski definition) is 2. The zero-order valence-electron chi connectivity index (χ0n) is 10.2. The van der Waals surface area contributed by atoms with E-state index in [0.717, 1.165) is 11.1 Å². The number of aliphatic carboxylic acids is 1. The number of rotatable bonds is 7. The van der Waals surface area contributed by atoms with Gasteiger partial charge in [-0.25, -0.2) is 13.1 Å². The first-order valence-electron chi connectivity index (χ1n) is 5.64. The largest absolute Gasteiger partial charge is 0.481 e. The smallest absolute Gasteiger partial charge is 0.303 e. The molecule has 100 valence electrons. The summed E-state index contributed by atoms with van der Waals surface area (Å²) in [6.45, 7) is 2.19. The topological polar surface area (TPSA) is 83.5 Å². The average molecular weight is 271 g/mol. The maximum Gasteiger partial charge on any atom is 0.303 e. The molecule has 0 spiro atoms. The Morgan fingerprint density at radius 1 is 1.28 bits per heavy atom. The van der Waals surface area contributed by atoms with Crippen molar-refractivity contribution in [2.45, 2.75) is 26.3 Å². The van der Waals surface area contributed by atoms with Crippen molar-refractivity contribution in [1.82, 2.24) is 4.72 Å². The van der Waals surface area contributed by atoms with Gasteiger partial charge in [-0.3, -0.25) is 4.79 Å². The SMILES string of the molecule is Cc1ccc(CNS(=O)(=O)CCCC(=O)O)cc1. The van der Waals surface area contributed by atoms with Crippen LogP contribution < -0.4 is 4.72 Å². The van der Waals surface area contributed by atoms with Crippen molar-refractivity contribution in [2.24, 2.45) is 0 Å². The summed E-state index contributed by atoms with van der Waals surface area (Å²) in [5, 5.41) is 8.43. The van der Waals surface area contributed by atoms with Crippen molar-refractivity contribution >= 4 is 16.0 Å². The summed E-state index contributed by atoms with van der Waals surface area (Å²) in [5.74, 6) is -1.14. The van der Waals surface area contributed by atoms with Crippen molar-refractivity contribution < 1.29 is 18.3 Å². The van der Waals surface area contributed by atoms with E-state index in [9.17, 15) is 13.2 Å². The number of carboxylic acid groups (broad SMARTS) is 1. The van der Waals surface area contributed by atoms with Crippen LogP contribution in [0.15, 0.2) is 24.3 Å². The van der Waals surface area contributed by atoms with Crippen molar-refractivity contribution in [3.8, 4) is 0 Å². The van der Waals surface area contributed by atoms with Gasteiger partial charge in [0.25, 0.3) is 0 Å². The van der Waals surface area contributed by atoms with Gasteiger partial charge in [-0.15, -0.1) is 0 Å². The van der Waals surface area contributed by atoms with E-state index in [-0.39, 0.29) is 25.1 Å². The molecule has 0 saturated carbocycles. The van der Waals surface area contributed by atoms with Crippen LogP contribution in [0.3, 0.4) is 0 Å². The van der Waals surface area contributed by atoms with Crippen molar-refractivity contribution in [2.75, 3.05) is 5.75 Å². The monoisotopic (exact) mass is 271 g/mol. The number of aryl methyl sites for hydroxylation is 1. The molecule has 0 aliphatic carbocycles. The second-order valence-corrected chi connectivity index (χ2v) is 6.05. The Balaban J connectivity index is 2.41. The highest BCUT2D eigenvalue weighted by Crippen LogP contribution is 2.03. The van der Waals surface area contributed by atoms with Crippen molar-refractivity contribution in [1.29, 1.82) is 0 Å². The van der Waals surface area contributed by atoms with Crippen molar-refractivity contribution in [3.05, 3.63) is 35.4 Å². The molecule has 5 nitrogen and oxygen atoms in total. The van der Waals surface area contributed by atoms with Gasteiger partial charge in [-0.2, -0.15) is 0 Å². The molecule has 0 saturated heterocycles. The second-order valence-electron chi connectivity index (χ2n) is 4.12. The molecule has 18 heavy (non-hydrogen) atoms. The summed E-state index contributed by atoms with van der Waals surface area (Å²) in [7, 11) is -3.40. The van der Waals surface area contributed by atoms with E-state index in [2.05, 4.69) is 4.72 Å². The van der Waals surface area contributed by atoms with Crippen LogP contribution in [0.25, 0.3) is 0 Å². The maximum atomic E-state index is 11.5. The molecular formula is C12H17NO4S. The standard InChI is InChI=1S/C12H17NO4S/c1-10-4-6-11(7-5-10)9-13-18(16,17)8-2-3-12(14)15/h4-7,13H,2-3,8-9H2,1H3,(H,14,15). The molecule has 0 heterocycles. The summed E-state index contributed by atoms with van der Waals surface area (Å²) >= 11 is 0. The quantitative estimate of drug-likeness (QED) is 0.782. The first-order chi connectivity index (χ1) is 8.39. The first kappa shape index (κ1) is 14.7. The van der Waals surface area contributed by atoms with E-state index < -0.39 is 16.0 Å². The lowest BCUT2D eigenvalue weighted by Gasteiger charge is -2.06. The Morgan fingerprint density at radius 3 is 2.44 bits per heavy atom. The highest BCUT2D eigenvalue weighted by atomic mass is 32.2. The fourth-order valence-electron chi connectivity index (χ4n) is 1.38. The van der Waals surface area contributed by atoms with Crippen LogP contribution in [0.2, 0.25) is 0 Å². The molecule has 1 rings (SSSR count). The van der Waals surface area contributed by atoms with Gasteiger partial charge >= 0.3 is 5.97 Å². The Kier molecular flexibility index (Phi) is 5.30. The number of benzene rings is 1. The minimum atomic E-state index is -3.40. The predicted molar refractivity (Wildman–Crippen MR) is 68.7 cm³/mol. The summed E-state index contributed by atoms with van der Waals surface area (Å²) < 4.78 is 25.5. The van der Waals surface area contributed by atoms with E-state index in [1.807, 2.05) is 31.2 Å². The highest BCUT2D eigenvalue weighted by Gasteiger charge is 2.10. The zero-order chi connectivity index (χ0) is 13.6. The molecule has 0 bridgehead atoms. The molecule has 1 aromatic carbocycles. The van der Waals surface area contributed by atoms with Gasteiger partial charge in [0.15, 0.2) is 0 Å². The summed E-state index contributed by atoms with van der Waals surface area (Å²) in [4.78, 5) is 10.3. The molecule has 6 heteroatoms. The average Bonchev–Trinajstić information content (AvgIpc) is 2.27. The third-order valence-corrected chi connectivity index (χ3v) is 3.83. The van der Waals surface area contributed by atoms with E-state index in [4.69, 9.17) is 5.11 Å². The molecule has 0 aliphatic heterocycles. The lowest BCUT2D eigenvalue weighted by molar-refractivity contribution is -0.137. The van der Waals surface area contributed by atoms with Crippen LogP contribution in [0.1, 0.15) is 24.0 Å². The van der Waals surface area contributed by atoms with Gasteiger partial charge in [0.05, 0.1) is 5.75 Å². The molecular weight excluding hydrogens is 254 g/mol. The number of carboxylic acids is 1. The summed E-state index contributed by atoms with van der Waals surface area (Å²) in [6, 6.07) is 7.53. The molecule has 0 amide bonds. The van der Waals surface area contributed by atoms with Crippen LogP contribution >= 0.6 is 0 Å². The fraction of sp³-hybridized carbons (Fsp3) is 0.417. The number of sulfonamides is 1. The van der Waals surface area contributed by atoms with E-state index in [1.54, 1.807) is 0 Å². The normalized spacial score (nSPS) is 11.4. The minimum absolute atomic E-state index is 0.124. The third-order valence-electron chi connectivity index (χ3n) is 2.42. The summed E-state index contributed by atoms with van der Waals surface area (Å²) in [6.07, 6.45) is -0.00991. The minimum Gasteiger partial charge on any atom is -0.481 e. The van der Waals surface area contributed by atoms with E-state index in [1.165, 1.54) is 0 Å². The van der Waals surface area contributed by atoms with Gasteiger partial charge < -0.3 is 5.11 Å². The molecule has 0 aromatic heterocycles. The Morgan fingerprint density at radius 2 is 1.89 bits per heavy atom. The van der Waals surface area contributed by atoms with Crippen molar-refractivity contribution in [3.63, 3.8) is 0 Å². The molecule has 0 unspecified atom stereocenters. The lowest BCUT2D eigenvalue weighted by Crippen LogP contribution is -2.26.